The fourth-order valence-corrected chi connectivity index (χ4v) is 1.97. The van der Waals surface area contributed by atoms with Crippen LogP contribution in [0.4, 0.5) is 0 Å². The van der Waals surface area contributed by atoms with Crippen LogP contribution in [0.25, 0.3) is 11.1 Å². The van der Waals surface area contributed by atoms with E-state index in [-0.39, 0.29) is 11.5 Å². The first-order valence-corrected chi connectivity index (χ1v) is 5.73. The van der Waals surface area contributed by atoms with Crippen molar-refractivity contribution >= 4 is 0 Å². The highest BCUT2D eigenvalue weighted by atomic mass is 16.3. The van der Waals surface area contributed by atoms with Gasteiger partial charge in [0.2, 0.25) is 0 Å². The summed E-state index contributed by atoms with van der Waals surface area (Å²) in [5.74, 6) is -1.12. The van der Waals surface area contributed by atoms with Crippen molar-refractivity contribution in [3.05, 3.63) is 41.0 Å². The van der Waals surface area contributed by atoms with Crippen molar-refractivity contribution in [1.29, 1.82) is 0 Å². The molecule has 0 aromatic heterocycles. The molecule has 0 aliphatic rings. The van der Waals surface area contributed by atoms with E-state index in [1.165, 1.54) is 17.7 Å². The molecule has 0 amide bonds. The van der Waals surface area contributed by atoms with Gasteiger partial charge in [-0.05, 0) is 60.7 Å². The molecule has 0 fully saturated rings. The van der Waals surface area contributed by atoms with Gasteiger partial charge in [0.25, 0.3) is 0 Å². The van der Waals surface area contributed by atoms with Gasteiger partial charge in [-0.25, -0.2) is 0 Å². The van der Waals surface area contributed by atoms with Crippen LogP contribution < -0.4 is 0 Å². The van der Waals surface area contributed by atoms with Gasteiger partial charge >= 0.3 is 0 Å². The molecular formula is C15H16O3. The van der Waals surface area contributed by atoms with Crippen LogP contribution >= 0.6 is 0 Å². The van der Waals surface area contributed by atoms with E-state index >= 15 is 0 Å². The monoisotopic (exact) mass is 244 g/mol. The van der Waals surface area contributed by atoms with E-state index in [9.17, 15) is 15.3 Å². The molecule has 0 saturated heterocycles. The highest BCUT2D eigenvalue weighted by Crippen LogP contribution is 2.39. The quantitative estimate of drug-likeness (QED) is 0.674. The van der Waals surface area contributed by atoms with Crippen molar-refractivity contribution in [3.63, 3.8) is 0 Å². The lowest BCUT2D eigenvalue weighted by molar-refractivity contribution is 0.368. The predicted molar refractivity (Wildman–Crippen MR) is 71.1 cm³/mol. The summed E-state index contributed by atoms with van der Waals surface area (Å²) in [6.45, 7) is 6.10. The Balaban J connectivity index is 2.63. The molecule has 3 N–H and O–H groups in total. The summed E-state index contributed by atoms with van der Waals surface area (Å²) in [5.41, 5.74) is 5.11. The second kappa shape index (κ2) is 4.26. The van der Waals surface area contributed by atoms with E-state index in [0.29, 0.717) is 5.56 Å². The first-order valence-electron chi connectivity index (χ1n) is 5.73. The largest absolute Gasteiger partial charge is 0.504 e. The third-order valence-corrected chi connectivity index (χ3v) is 3.33. The van der Waals surface area contributed by atoms with Gasteiger partial charge in [0, 0.05) is 0 Å². The van der Waals surface area contributed by atoms with Gasteiger partial charge in [-0.15, -0.1) is 0 Å². The third kappa shape index (κ3) is 1.99. The van der Waals surface area contributed by atoms with Gasteiger partial charge in [-0.1, -0.05) is 12.1 Å². The average Bonchev–Trinajstić information content (AvgIpc) is 2.31. The Kier molecular flexibility index (Phi) is 2.91. The van der Waals surface area contributed by atoms with Crippen molar-refractivity contribution in [3.8, 4) is 28.4 Å². The summed E-state index contributed by atoms with van der Waals surface area (Å²) >= 11 is 0. The van der Waals surface area contributed by atoms with Gasteiger partial charge in [0.1, 0.15) is 0 Å². The number of phenols is 3. The Bertz CT molecular complexity index is 514. The molecule has 0 saturated carbocycles. The smallest absolute Gasteiger partial charge is 0.200 e. The lowest BCUT2D eigenvalue weighted by Crippen LogP contribution is -1.89. The number of hydrogen-bond acceptors (Lipinski definition) is 3. The minimum absolute atomic E-state index is 0.319. The molecule has 0 bridgehead atoms. The third-order valence-electron chi connectivity index (χ3n) is 3.33. The maximum atomic E-state index is 9.53. The second-order valence-electron chi connectivity index (χ2n) is 4.60. The Hall–Kier alpha value is -2.16. The zero-order valence-electron chi connectivity index (χ0n) is 10.7. The van der Waals surface area contributed by atoms with Gasteiger partial charge in [0.05, 0.1) is 0 Å². The molecule has 2 aromatic rings. The van der Waals surface area contributed by atoms with Crippen LogP contribution in [0.2, 0.25) is 0 Å². The minimum Gasteiger partial charge on any atom is -0.504 e. The molecule has 0 radical (unpaired) electrons. The first kappa shape index (κ1) is 12.3. The van der Waals surface area contributed by atoms with Crippen LogP contribution in [0.3, 0.4) is 0 Å². The van der Waals surface area contributed by atoms with E-state index in [1.807, 2.05) is 26.0 Å². The summed E-state index contributed by atoms with van der Waals surface area (Å²) in [7, 11) is 0. The normalized spacial score (nSPS) is 10.6. The molecule has 2 rings (SSSR count). The van der Waals surface area contributed by atoms with E-state index in [0.717, 1.165) is 16.7 Å². The lowest BCUT2D eigenvalue weighted by atomic mass is 9.96. The summed E-state index contributed by atoms with van der Waals surface area (Å²) < 4.78 is 0. The maximum Gasteiger partial charge on any atom is 0.200 e. The molecule has 0 atom stereocenters. The Labute approximate surface area is 106 Å². The molecule has 94 valence electrons. The predicted octanol–water partition coefficient (Wildman–Crippen LogP) is 3.40. The molecule has 0 unspecified atom stereocenters. The zero-order valence-corrected chi connectivity index (χ0v) is 10.7. The van der Waals surface area contributed by atoms with E-state index in [4.69, 9.17) is 0 Å². The molecular weight excluding hydrogens is 228 g/mol. The molecule has 0 spiro atoms. The number of hydrogen-bond donors (Lipinski definition) is 3. The number of aromatic hydroxyl groups is 3. The fourth-order valence-electron chi connectivity index (χ4n) is 1.97. The SMILES string of the molecule is Cc1cc(-c2cc(O)c(O)c(O)c2)cc(C)c1C. The van der Waals surface area contributed by atoms with Gasteiger partial charge in [0.15, 0.2) is 17.2 Å². The standard InChI is InChI=1S/C15H16O3/c1-8-4-11(5-9(2)10(8)3)12-6-13(16)15(18)14(17)7-12/h4-7,16-18H,1-3H3. The van der Waals surface area contributed by atoms with Crippen molar-refractivity contribution in [2.75, 3.05) is 0 Å². The second-order valence-corrected chi connectivity index (χ2v) is 4.60. The molecule has 18 heavy (non-hydrogen) atoms. The van der Waals surface area contributed by atoms with Crippen molar-refractivity contribution in [1.82, 2.24) is 0 Å². The fraction of sp³-hybridized carbons (Fsp3) is 0.200. The van der Waals surface area contributed by atoms with Crippen LogP contribution in [-0.4, -0.2) is 15.3 Å². The highest BCUT2D eigenvalue weighted by molar-refractivity contribution is 5.71. The topological polar surface area (TPSA) is 60.7 Å². The van der Waals surface area contributed by atoms with Crippen LogP contribution in [-0.2, 0) is 0 Å². The lowest BCUT2D eigenvalue weighted by Gasteiger charge is -2.11. The van der Waals surface area contributed by atoms with Crippen LogP contribution in [0.1, 0.15) is 16.7 Å². The van der Waals surface area contributed by atoms with Crippen molar-refractivity contribution in [2.45, 2.75) is 20.8 Å². The summed E-state index contributed by atoms with van der Waals surface area (Å²) in [6, 6.07) is 6.87. The molecule has 0 aliphatic carbocycles. The molecule has 2 aromatic carbocycles. The van der Waals surface area contributed by atoms with Gasteiger partial charge < -0.3 is 15.3 Å². The highest BCUT2D eigenvalue weighted by Gasteiger charge is 2.10. The van der Waals surface area contributed by atoms with Crippen LogP contribution in [0.15, 0.2) is 24.3 Å². The summed E-state index contributed by atoms with van der Waals surface area (Å²) in [4.78, 5) is 0. The Morgan fingerprint density at radius 2 is 1.06 bits per heavy atom. The van der Waals surface area contributed by atoms with E-state index in [2.05, 4.69) is 6.92 Å². The first-order chi connectivity index (χ1) is 8.40. The average molecular weight is 244 g/mol. The minimum atomic E-state index is -0.487. The number of aryl methyl sites for hydroxylation is 2. The number of rotatable bonds is 1. The van der Waals surface area contributed by atoms with Crippen LogP contribution in [0.5, 0.6) is 17.2 Å². The Morgan fingerprint density at radius 1 is 0.667 bits per heavy atom. The molecule has 3 nitrogen and oxygen atoms in total. The Morgan fingerprint density at radius 3 is 1.50 bits per heavy atom. The maximum absolute atomic E-state index is 9.53. The zero-order chi connectivity index (χ0) is 13.4. The summed E-state index contributed by atoms with van der Waals surface area (Å²) in [5, 5.41) is 28.4. The molecule has 3 heteroatoms. The van der Waals surface area contributed by atoms with Crippen molar-refractivity contribution < 1.29 is 15.3 Å². The van der Waals surface area contributed by atoms with Gasteiger partial charge in [-0.2, -0.15) is 0 Å². The van der Waals surface area contributed by atoms with E-state index in [1.54, 1.807) is 0 Å². The molecule has 0 aliphatic heterocycles. The number of benzene rings is 2. The van der Waals surface area contributed by atoms with Crippen LogP contribution in [0, 0.1) is 20.8 Å². The van der Waals surface area contributed by atoms with E-state index < -0.39 is 5.75 Å². The number of phenolic OH excluding ortho intramolecular Hbond substituents is 3. The van der Waals surface area contributed by atoms with Crippen molar-refractivity contribution in [2.24, 2.45) is 0 Å². The summed E-state index contributed by atoms with van der Waals surface area (Å²) in [6.07, 6.45) is 0. The van der Waals surface area contributed by atoms with Gasteiger partial charge in [-0.3, -0.25) is 0 Å². The molecule has 0 heterocycles.